The summed E-state index contributed by atoms with van der Waals surface area (Å²) < 4.78 is 0. The molecule has 7 aromatic rings. The summed E-state index contributed by atoms with van der Waals surface area (Å²) in [7, 11) is 0. The Morgan fingerprint density at radius 2 is 0.783 bits per heavy atom. The van der Waals surface area contributed by atoms with Crippen molar-refractivity contribution in [3.8, 4) is 44.5 Å². The second-order valence-corrected chi connectivity index (χ2v) is 12.6. The molecule has 0 heterocycles. The SMILES string of the molecule is CC1(C)c2ccccc2-c2ccc(-c3ccc(N(c4ccc(-c5ccccc5)cc4)c4cccc(-c5ccccc5)c4)cc3)cc21. The molecule has 0 saturated carbocycles. The van der Waals surface area contributed by atoms with Gasteiger partial charge in [0.1, 0.15) is 0 Å². The number of rotatable bonds is 6. The normalized spacial score (nSPS) is 12.7. The van der Waals surface area contributed by atoms with Crippen molar-refractivity contribution < 1.29 is 0 Å². The van der Waals surface area contributed by atoms with Crippen LogP contribution in [0.3, 0.4) is 0 Å². The molecule has 0 radical (unpaired) electrons. The van der Waals surface area contributed by atoms with Crippen LogP contribution in [-0.4, -0.2) is 0 Å². The highest BCUT2D eigenvalue weighted by molar-refractivity contribution is 5.85. The number of benzene rings is 7. The lowest BCUT2D eigenvalue weighted by Crippen LogP contribution is -2.14. The molecule has 0 unspecified atom stereocenters. The monoisotopic (exact) mass is 589 g/mol. The van der Waals surface area contributed by atoms with E-state index in [4.69, 9.17) is 0 Å². The topological polar surface area (TPSA) is 3.24 Å². The van der Waals surface area contributed by atoms with Crippen LogP contribution >= 0.6 is 0 Å². The lowest BCUT2D eigenvalue weighted by molar-refractivity contribution is 0.660. The molecule has 7 aromatic carbocycles. The summed E-state index contributed by atoms with van der Waals surface area (Å²) in [6, 6.07) is 63.7. The van der Waals surface area contributed by atoms with Crippen LogP contribution in [0.1, 0.15) is 25.0 Å². The number of hydrogen-bond acceptors (Lipinski definition) is 1. The van der Waals surface area contributed by atoms with E-state index in [1.165, 1.54) is 55.6 Å². The van der Waals surface area contributed by atoms with Crippen molar-refractivity contribution in [2.45, 2.75) is 19.3 Å². The summed E-state index contributed by atoms with van der Waals surface area (Å²) in [6.45, 7) is 4.68. The molecule has 0 bridgehead atoms. The molecule has 8 rings (SSSR count). The molecule has 0 spiro atoms. The van der Waals surface area contributed by atoms with Crippen molar-refractivity contribution >= 4 is 17.1 Å². The van der Waals surface area contributed by atoms with E-state index >= 15 is 0 Å². The van der Waals surface area contributed by atoms with Crippen LogP contribution < -0.4 is 4.90 Å². The zero-order valence-corrected chi connectivity index (χ0v) is 26.2. The van der Waals surface area contributed by atoms with Crippen molar-refractivity contribution in [1.82, 2.24) is 0 Å². The van der Waals surface area contributed by atoms with E-state index in [1.807, 2.05) is 0 Å². The van der Waals surface area contributed by atoms with E-state index in [2.05, 4.69) is 195 Å². The van der Waals surface area contributed by atoms with Gasteiger partial charge in [-0.25, -0.2) is 0 Å². The molecular formula is C45H35N. The molecule has 0 amide bonds. The fourth-order valence-corrected chi connectivity index (χ4v) is 7.02. The predicted molar refractivity (Wildman–Crippen MR) is 195 cm³/mol. The quantitative estimate of drug-likeness (QED) is 0.186. The van der Waals surface area contributed by atoms with E-state index in [0.717, 1.165) is 17.1 Å². The molecule has 0 fully saturated rings. The number of hydrogen-bond donors (Lipinski definition) is 0. The lowest BCUT2D eigenvalue weighted by atomic mass is 9.81. The van der Waals surface area contributed by atoms with Crippen LogP contribution in [-0.2, 0) is 5.41 Å². The second kappa shape index (κ2) is 11.4. The molecule has 0 atom stereocenters. The minimum atomic E-state index is -0.0195. The average molecular weight is 590 g/mol. The van der Waals surface area contributed by atoms with Crippen LogP contribution in [0.5, 0.6) is 0 Å². The molecule has 46 heavy (non-hydrogen) atoms. The van der Waals surface area contributed by atoms with Gasteiger partial charge in [-0.05, 0) is 98.1 Å². The highest BCUT2D eigenvalue weighted by Gasteiger charge is 2.35. The first kappa shape index (κ1) is 27.9. The van der Waals surface area contributed by atoms with Gasteiger partial charge in [-0.3, -0.25) is 0 Å². The van der Waals surface area contributed by atoms with Gasteiger partial charge in [0.05, 0.1) is 0 Å². The minimum Gasteiger partial charge on any atom is -0.310 e. The molecule has 0 aliphatic heterocycles. The third kappa shape index (κ3) is 4.91. The fraction of sp³-hybridized carbons (Fsp3) is 0.0667. The van der Waals surface area contributed by atoms with Gasteiger partial charge in [0, 0.05) is 22.5 Å². The van der Waals surface area contributed by atoms with Gasteiger partial charge in [-0.2, -0.15) is 0 Å². The highest BCUT2D eigenvalue weighted by atomic mass is 15.1. The van der Waals surface area contributed by atoms with Gasteiger partial charge in [0.2, 0.25) is 0 Å². The van der Waals surface area contributed by atoms with E-state index < -0.39 is 0 Å². The van der Waals surface area contributed by atoms with E-state index in [1.54, 1.807) is 0 Å². The zero-order chi connectivity index (χ0) is 31.1. The molecule has 220 valence electrons. The summed E-state index contributed by atoms with van der Waals surface area (Å²) in [5.41, 5.74) is 16.2. The Labute approximate surface area is 272 Å². The van der Waals surface area contributed by atoms with Crippen LogP contribution in [0.4, 0.5) is 17.1 Å². The predicted octanol–water partition coefficient (Wildman–Crippen LogP) is 12.5. The molecule has 1 aliphatic rings. The Hall–Kier alpha value is -5.66. The third-order valence-electron chi connectivity index (χ3n) is 9.49. The van der Waals surface area contributed by atoms with Crippen LogP contribution in [0.2, 0.25) is 0 Å². The molecule has 1 aliphatic carbocycles. The molecule has 0 N–H and O–H groups in total. The van der Waals surface area contributed by atoms with E-state index in [0.29, 0.717) is 0 Å². The first-order valence-corrected chi connectivity index (χ1v) is 16.0. The minimum absolute atomic E-state index is 0.0195. The van der Waals surface area contributed by atoms with E-state index in [-0.39, 0.29) is 5.41 Å². The molecular weight excluding hydrogens is 555 g/mol. The van der Waals surface area contributed by atoms with Crippen molar-refractivity contribution in [2.75, 3.05) is 4.90 Å². The van der Waals surface area contributed by atoms with Gasteiger partial charge >= 0.3 is 0 Å². The maximum absolute atomic E-state index is 2.40. The Kier molecular flexibility index (Phi) is 6.88. The van der Waals surface area contributed by atoms with Crippen molar-refractivity contribution in [3.63, 3.8) is 0 Å². The Morgan fingerprint density at radius 1 is 0.326 bits per heavy atom. The van der Waals surface area contributed by atoms with Gasteiger partial charge in [0.15, 0.2) is 0 Å². The summed E-state index contributed by atoms with van der Waals surface area (Å²) >= 11 is 0. The average Bonchev–Trinajstić information content (AvgIpc) is 3.35. The molecule has 0 aromatic heterocycles. The standard InChI is InChI=1S/C45H35N/c1-45(2)43-19-10-9-18-41(43)42-29-24-37(31-44(42)45)35-22-27-39(28-23-35)46(38-25-20-34(21-26-38)32-12-5-3-6-13-32)40-17-11-16-36(30-40)33-14-7-4-8-15-33/h3-31H,1-2H3. The van der Waals surface area contributed by atoms with Crippen molar-refractivity contribution in [2.24, 2.45) is 0 Å². The third-order valence-corrected chi connectivity index (χ3v) is 9.49. The highest BCUT2D eigenvalue weighted by Crippen LogP contribution is 2.49. The number of fused-ring (bicyclic) bond motifs is 3. The zero-order valence-electron chi connectivity index (χ0n) is 26.2. The smallest absolute Gasteiger partial charge is 0.0467 e. The molecule has 1 heteroatoms. The largest absolute Gasteiger partial charge is 0.310 e. The van der Waals surface area contributed by atoms with Crippen molar-refractivity contribution in [3.05, 3.63) is 187 Å². The van der Waals surface area contributed by atoms with Gasteiger partial charge in [-0.1, -0.05) is 147 Å². The number of nitrogens with zero attached hydrogens (tertiary/aromatic N) is 1. The maximum atomic E-state index is 2.40. The fourth-order valence-electron chi connectivity index (χ4n) is 7.02. The van der Waals surface area contributed by atoms with Gasteiger partial charge < -0.3 is 4.90 Å². The van der Waals surface area contributed by atoms with Gasteiger partial charge in [-0.15, -0.1) is 0 Å². The van der Waals surface area contributed by atoms with Crippen molar-refractivity contribution in [1.29, 1.82) is 0 Å². The van der Waals surface area contributed by atoms with Crippen LogP contribution in [0, 0.1) is 0 Å². The molecule has 1 nitrogen and oxygen atoms in total. The van der Waals surface area contributed by atoms with Crippen LogP contribution in [0.25, 0.3) is 44.5 Å². The Balaban J connectivity index is 1.18. The first-order chi connectivity index (χ1) is 22.6. The second-order valence-electron chi connectivity index (χ2n) is 12.6. The molecule has 0 saturated heterocycles. The van der Waals surface area contributed by atoms with E-state index in [9.17, 15) is 0 Å². The van der Waals surface area contributed by atoms with Gasteiger partial charge in [0.25, 0.3) is 0 Å². The summed E-state index contributed by atoms with van der Waals surface area (Å²) in [6.07, 6.45) is 0. The summed E-state index contributed by atoms with van der Waals surface area (Å²) in [5, 5.41) is 0. The Morgan fingerprint density at radius 3 is 1.43 bits per heavy atom. The first-order valence-electron chi connectivity index (χ1n) is 16.0. The number of anilines is 3. The van der Waals surface area contributed by atoms with Crippen LogP contribution in [0.15, 0.2) is 176 Å². The summed E-state index contributed by atoms with van der Waals surface area (Å²) in [4.78, 5) is 2.35. The maximum Gasteiger partial charge on any atom is 0.0467 e. The summed E-state index contributed by atoms with van der Waals surface area (Å²) in [5.74, 6) is 0. The lowest BCUT2D eigenvalue weighted by Gasteiger charge is -2.26. The Bertz CT molecular complexity index is 2140.